The van der Waals surface area contributed by atoms with E-state index in [1.54, 1.807) is 24.4 Å². The summed E-state index contributed by atoms with van der Waals surface area (Å²) < 4.78 is 0. The van der Waals surface area contributed by atoms with E-state index in [2.05, 4.69) is 24.4 Å². The Morgan fingerprint density at radius 1 is 1.14 bits per heavy atom. The Labute approximate surface area is 124 Å². The van der Waals surface area contributed by atoms with Gasteiger partial charge in [0.05, 0.1) is 11.3 Å². The van der Waals surface area contributed by atoms with E-state index in [1.165, 1.54) is 5.56 Å². The summed E-state index contributed by atoms with van der Waals surface area (Å²) in [5, 5.41) is 12.1. The Hall–Kier alpha value is -2.55. The first-order valence-corrected chi connectivity index (χ1v) is 6.97. The number of para-hydroxylation sites is 1. The van der Waals surface area contributed by atoms with E-state index in [0.29, 0.717) is 11.6 Å². The van der Waals surface area contributed by atoms with Crippen LogP contribution in [0.2, 0.25) is 0 Å². The fourth-order valence-electron chi connectivity index (χ4n) is 2.13. The predicted molar refractivity (Wildman–Crippen MR) is 85.6 cm³/mol. The van der Waals surface area contributed by atoms with Gasteiger partial charge in [-0.1, -0.05) is 55.5 Å². The summed E-state index contributed by atoms with van der Waals surface area (Å²) in [6, 6.07) is 17.2. The van der Waals surface area contributed by atoms with Crippen LogP contribution in [0.5, 0.6) is 0 Å². The molecule has 0 amide bonds. The molecule has 2 N–H and O–H groups in total. The molecular weight excluding hydrogens is 262 g/mol. The number of nitrogens with one attached hydrogen (secondary N) is 1. The second kappa shape index (κ2) is 7.29. The van der Waals surface area contributed by atoms with Gasteiger partial charge in [0.15, 0.2) is 0 Å². The van der Waals surface area contributed by atoms with E-state index < -0.39 is 5.97 Å². The number of hydrogen-bond acceptors (Lipinski definition) is 2. The molecule has 3 nitrogen and oxygen atoms in total. The second-order valence-corrected chi connectivity index (χ2v) is 4.94. The molecule has 108 valence electrons. The summed E-state index contributed by atoms with van der Waals surface area (Å²) in [5.74, 6) is -0.497. The van der Waals surface area contributed by atoms with Crippen molar-refractivity contribution in [2.24, 2.45) is 0 Å². The molecule has 3 heteroatoms. The first kappa shape index (κ1) is 14.9. The van der Waals surface area contributed by atoms with Crippen molar-refractivity contribution in [3.8, 4) is 0 Å². The zero-order chi connectivity index (χ0) is 15.1. The molecule has 2 rings (SSSR count). The molecule has 0 radical (unpaired) electrons. The summed E-state index contributed by atoms with van der Waals surface area (Å²) in [6.07, 6.45) is 4.73. The third-order valence-corrected chi connectivity index (χ3v) is 3.37. The lowest BCUT2D eigenvalue weighted by molar-refractivity contribution is 0.0698. The van der Waals surface area contributed by atoms with Gasteiger partial charge in [0.1, 0.15) is 0 Å². The highest BCUT2D eigenvalue weighted by molar-refractivity contribution is 5.94. The molecule has 0 heterocycles. The van der Waals surface area contributed by atoms with Crippen LogP contribution in [0.3, 0.4) is 0 Å². The lowest BCUT2D eigenvalue weighted by Gasteiger charge is -2.09. The standard InChI is InChI=1S/C18H19NO2/c1-14(15-9-3-2-4-10-15)8-7-13-19-17-12-6-5-11-16(17)18(20)21/h2-7,9-14,19H,8H2,1H3,(H,20,21)/b13-7-. The number of rotatable bonds is 6. The van der Waals surface area contributed by atoms with Crippen LogP contribution < -0.4 is 5.32 Å². The molecule has 0 aliphatic carbocycles. The summed E-state index contributed by atoms with van der Waals surface area (Å²) in [4.78, 5) is 11.1. The molecule has 0 saturated heterocycles. The minimum atomic E-state index is -0.927. The Morgan fingerprint density at radius 2 is 1.81 bits per heavy atom. The quantitative estimate of drug-likeness (QED) is 0.819. The Kier molecular flexibility index (Phi) is 5.16. The van der Waals surface area contributed by atoms with Gasteiger partial charge in [-0.3, -0.25) is 0 Å². The van der Waals surface area contributed by atoms with Crippen molar-refractivity contribution < 1.29 is 9.90 Å². The highest BCUT2D eigenvalue weighted by Crippen LogP contribution is 2.19. The predicted octanol–water partition coefficient (Wildman–Crippen LogP) is 4.50. The number of anilines is 1. The number of carboxylic acid groups (broad SMARTS) is 1. The Balaban J connectivity index is 1.93. The molecule has 1 unspecified atom stereocenters. The van der Waals surface area contributed by atoms with Gasteiger partial charge >= 0.3 is 5.97 Å². The molecule has 0 aliphatic rings. The summed E-state index contributed by atoms with van der Waals surface area (Å²) in [7, 11) is 0. The van der Waals surface area contributed by atoms with Crippen molar-refractivity contribution in [3.05, 3.63) is 78.0 Å². The number of aromatic carboxylic acids is 1. The van der Waals surface area contributed by atoms with E-state index in [1.807, 2.05) is 30.3 Å². The number of allylic oxidation sites excluding steroid dienone is 1. The van der Waals surface area contributed by atoms with E-state index in [-0.39, 0.29) is 5.56 Å². The lowest BCUT2D eigenvalue weighted by atomic mass is 9.98. The van der Waals surface area contributed by atoms with Crippen molar-refractivity contribution >= 4 is 11.7 Å². The number of carbonyl (C=O) groups is 1. The van der Waals surface area contributed by atoms with Crippen LogP contribution in [0.1, 0.15) is 35.2 Å². The fourth-order valence-corrected chi connectivity index (χ4v) is 2.13. The largest absolute Gasteiger partial charge is 0.478 e. The van der Waals surface area contributed by atoms with Crippen molar-refractivity contribution in [2.75, 3.05) is 5.32 Å². The van der Waals surface area contributed by atoms with Gasteiger partial charge < -0.3 is 10.4 Å². The Bertz CT molecular complexity index is 620. The van der Waals surface area contributed by atoms with E-state index >= 15 is 0 Å². The molecular formula is C18H19NO2. The average Bonchev–Trinajstić information content (AvgIpc) is 2.52. The third kappa shape index (κ3) is 4.21. The van der Waals surface area contributed by atoms with Crippen LogP contribution >= 0.6 is 0 Å². The molecule has 0 aromatic heterocycles. The summed E-state index contributed by atoms with van der Waals surface area (Å²) in [5.41, 5.74) is 2.18. The van der Waals surface area contributed by atoms with Crippen LogP contribution in [-0.2, 0) is 0 Å². The SMILES string of the molecule is CC(C/C=C\Nc1ccccc1C(=O)O)c1ccccc1. The lowest BCUT2D eigenvalue weighted by Crippen LogP contribution is -2.01. The fraction of sp³-hybridized carbons (Fsp3) is 0.167. The molecule has 0 spiro atoms. The molecule has 2 aromatic rings. The second-order valence-electron chi connectivity index (χ2n) is 4.94. The molecule has 2 aromatic carbocycles. The average molecular weight is 281 g/mol. The number of carboxylic acids is 1. The van der Waals surface area contributed by atoms with Crippen LogP contribution in [0.4, 0.5) is 5.69 Å². The maximum Gasteiger partial charge on any atom is 0.337 e. The normalized spacial score (nSPS) is 12.2. The summed E-state index contributed by atoms with van der Waals surface area (Å²) in [6.45, 7) is 2.17. The smallest absolute Gasteiger partial charge is 0.337 e. The van der Waals surface area contributed by atoms with E-state index in [0.717, 1.165) is 6.42 Å². The van der Waals surface area contributed by atoms with E-state index in [4.69, 9.17) is 5.11 Å². The van der Waals surface area contributed by atoms with Gasteiger partial charge in [-0.25, -0.2) is 4.79 Å². The van der Waals surface area contributed by atoms with Crippen LogP contribution in [0, 0.1) is 0 Å². The topological polar surface area (TPSA) is 49.3 Å². The van der Waals surface area contributed by atoms with Gasteiger partial charge in [-0.2, -0.15) is 0 Å². The maximum absolute atomic E-state index is 11.1. The molecule has 21 heavy (non-hydrogen) atoms. The van der Waals surface area contributed by atoms with Crippen molar-refractivity contribution in [1.29, 1.82) is 0 Å². The minimum absolute atomic E-state index is 0.276. The van der Waals surface area contributed by atoms with Crippen molar-refractivity contribution in [1.82, 2.24) is 0 Å². The third-order valence-electron chi connectivity index (χ3n) is 3.37. The van der Waals surface area contributed by atoms with Gasteiger partial charge in [0, 0.05) is 0 Å². The minimum Gasteiger partial charge on any atom is -0.478 e. The van der Waals surface area contributed by atoms with Crippen LogP contribution in [0.15, 0.2) is 66.9 Å². The molecule has 0 fully saturated rings. The Morgan fingerprint density at radius 3 is 2.52 bits per heavy atom. The van der Waals surface area contributed by atoms with Crippen LogP contribution in [0.25, 0.3) is 0 Å². The van der Waals surface area contributed by atoms with Gasteiger partial charge in [-0.15, -0.1) is 0 Å². The van der Waals surface area contributed by atoms with Crippen molar-refractivity contribution in [3.63, 3.8) is 0 Å². The highest BCUT2D eigenvalue weighted by Gasteiger charge is 2.07. The molecule has 0 saturated carbocycles. The van der Waals surface area contributed by atoms with E-state index in [9.17, 15) is 4.79 Å². The summed E-state index contributed by atoms with van der Waals surface area (Å²) >= 11 is 0. The van der Waals surface area contributed by atoms with Crippen molar-refractivity contribution in [2.45, 2.75) is 19.3 Å². The maximum atomic E-state index is 11.1. The van der Waals surface area contributed by atoms with Gasteiger partial charge in [0.2, 0.25) is 0 Å². The zero-order valence-electron chi connectivity index (χ0n) is 12.0. The number of benzene rings is 2. The highest BCUT2D eigenvalue weighted by atomic mass is 16.4. The molecule has 0 bridgehead atoms. The van der Waals surface area contributed by atoms with Crippen LogP contribution in [-0.4, -0.2) is 11.1 Å². The zero-order valence-corrected chi connectivity index (χ0v) is 12.0. The monoisotopic (exact) mass is 281 g/mol. The van der Waals surface area contributed by atoms with Gasteiger partial charge in [-0.05, 0) is 36.2 Å². The van der Waals surface area contributed by atoms with Gasteiger partial charge in [0.25, 0.3) is 0 Å². The molecule has 1 atom stereocenters. The molecule has 0 aliphatic heterocycles. The first-order chi connectivity index (χ1) is 10.2. The number of hydrogen-bond donors (Lipinski definition) is 2. The first-order valence-electron chi connectivity index (χ1n) is 6.97.